The van der Waals surface area contributed by atoms with E-state index in [0.717, 1.165) is 17.0 Å². The van der Waals surface area contributed by atoms with Crippen LogP contribution in [0.1, 0.15) is 48.1 Å². The quantitative estimate of drug-likeness (QED) is 0.301. The van der Waals surface area contributed by atoms with Crippen LogP contribution in [0.5, 0.6) is 0 Å². The van der Waals surface area contributed by atoms with Crippen LogP contribution >= 0.6 is 12.2 Å². The Morgan fingerprint density at radius 2 is 2.08 bits per heavy atom. The predicted octanol–water partition coefficient (Wildman–Crippen LogP) is 2.03. The molecule has 24 heavy (non-hydrogen) atoms. The van der Waals surface area contributed by atoms with Crippen molar-refractivity contribution in [3.63, 3.8) is 0 Å². The van der Waals surface area contributed by atoms with Gasteiger partial charge in [-0.2, -0.15) is 5.10 Å². The van der Waals surface area contributed by atoms with Gasteiger partial charge in [-0.1, -0.05) is 0 Å². The first-order valence-electron chi connectivity index (χ1n) is 7.78. The first kappa shape index (κ1) is 20.1. The van der Waals surface area contributed by atoms with Crippen molar-refractivity contribution in [1.82, 2.24) is 15.7 Å². The molecule has 134 valence electrons. The van der Waals surface area contributed by atoms with Gasteiger partial charge in [-0.25, -0.2) is 4.79 Å². The zero-order valence-electron chi connectivity index (χ0n) is 15.1. The van der Waals surface area contributed by atoms with Gasteiger partial charge in [0.15, 0.2) is 5.11 Å². The summed E-state index contributed by atoms with van der Waals surface area (Å²) in [6.45, 7) is 10.2. The van der Waals surface area contributed by atoms with Crippen LogP contribution in [-0.2, 0) is 9.47 Å². The molecule has 0 aliphatic rings. The highest BCUT2D eigenvalue weighted by atomic mass is 32.1. The normalized spacial score (nSPS) is 12.7. The van der Waals surface area contributed by atoms with Crippen molar-refractivity contribution in [2.24, 2.45) is 5.10 Å². The third-order valence-corrected chi connectivity index (χ3v) is 3.61. The molecule has 0 aliphatic heterocycles. The fourth-order valence-corrected chi connectivity index (χ4v) is 2.61. The smallest absolute Gasteiger partial charge is 0.340 e. The Kier molecular flexibility index (Phi) is 7.87. The Bertz CT molecular complexity index is 625. The number of hydrogen-bond acceptors (Lipinski definition) is 5. The molecule has 1 aromatic rings. The van der Waals surface area contributed by atoms with E-state index in [1.54, 1.807) is 14.0 Å². The third kappa shape index (κ3) is 5.31. The lowest BCUT2D eigenvalue weighted by Crippen LogP contribution is -2.40. The number of aromatic amines is 1. The van der Waals surface area contributed by atoms with E-state index in [-0.39, 0.29) is 12.0 Å². The van der Waals surface area contributed by atoms with E-state index >= 15 is 0 Å². The topological polar surface area (TPSA) is 87.7 Å². The third-order valence-electron chi connectivity index (χ3n) is 3.40. The van der Waals surface area contributed by atoms with Crippen LogP contribution < -0.4 is 10.7 Å². The summed E-state index contributed by atoms with van der Waals surface area (Å²) < 4.78 is 10.1. The van der Waals surface area contributed by atoms with Gasteiger partial charge in [0.1, 0.15) is 0 Å². The highest BCUT2D eigenvalue weighted by Crippen LogP contribution is 2.19. The van der Waals surface area contributed by atoms with Crippen LogP contribution in [0.3, 0.4) is 0 Å². The molecule has 0 amide bonds. The number of aromatic nitrogens is 1. The molecule has 0 bridgehead atoms. The minimum absolute atomic E-state index is 0.0791. The number of hydrogen-bond donors (Lipinski definition) is 3. The number of carbonyl (C=O) groups is 1. The Morgan fingerprint density at radius 1 is 1.42 bits per heavy atom. The molecular formula is C16H26N4O3S. The van der Waals surface area contributed by atoms with Gasteiger partial charge in [0.05, 0.1) is 30.2 Å². The van der Waals surface area contributed by atoms with E-state index in [9.17, 15) is 4.79 Å². The van der Waals surface area contributed by atoms with Crippen LogP contribution in [0.4, 0.5) is 0 Å². The summed E-state index contributed by atoms with van der Waals surface area (Å²) in [5.74, 6) is -0.332. The highest BCUT2D eigenvalue weighted by Gasteiger charge is 2.20. The molecule has 0 saturated heterocycles. The summed E-state index contributed by atoms with van der Waals surface area (Å²) in [4.78, 5) is 15.2. The summed E-state index contributed by atoms with van der Waals surface area (Å²) in [6, 6.07) is 0.0791. The summed E-state index contributed by atoms with van der Waals surface area (Å²) in [6.07, 6.45) is 0. The summed E-state index contributed by atoms with van der Waals surface area (Å²) in [7, 11) is 1.63. The maximum Gasteiger partial charge on any atom is 0.340 e. The van der Waals surface area contributed by atoms with Gasteiger partial charge >= 0.3 is 5.97 Å². The first-order valence-corrected chi connectivity index (χ1v) is 8.18. The molecular weight excluding hydrogens is 328 g/mol. The fourth-order valence-electron chi connectivity index (χ4n) is 2.36. The zero-order chi connectivity index (χ0) is 18.3. The van der Waals surface area contributed by atoms with Crippen LogP contribution in [-0.4, -0.2) is 48.1 Å². The number of hydrazone groups is 1. The number of thiocarbonyl (C=S) groups is 1. The molecule has 0 aliphatic carbocycles. The lowest BCUT2D eigenvalue weighted by molar-refractivity contribution is 0.0525. The first-order chi connectivity index (χ1) is 11.3. The predicted molar refractivity (Wildman–Crippen MR) is 98.6 cm³/mol. The molecule has 7 nitrogen and oxygen atoms in total. The second-order valence-corrected chi connectivity index (χ2v) is 5.89. The minimum atomic E-state index is -0.332. The van der Waals surface area contributed by atoms with E-state index in [1.807, 2.05) is 27.7 Å². The Morgan fingerprint density at radius 3 is 2.67 bits per heavy atom. The lowest BCUT2D eigenvalue weighted by Gasteiger charge is -2.14. The number of nitrogens with one attached hydrogen (secondary N) is 3. The van der Waals surface area contributed by atoms with Gasteiger partial charge in [0, 0.05) is 18.8 Å². The van der Waals surface area contributed by atoms with E-state index < -0.39 is 0 Å². The van der Waals surface area contributed by atoms with Crippen molar-refractivity contribution >= 4 is 29.0 Å². The number of ether oxygens (including phenoxy) is 2. The maximum atomic E-state index is 12.0. The molecule has 0 saturated carbocycles. The van der Waals surface area contributed by atoms with Crippen molar-refractivity contribution in [3.05, 3.63) is 22.5 Å². The van der Waals surface area contributed by atoms with Crippen LogP contribution in [0.2, 0.25) is 0 Å². The summed E-state index contributed by atoms with van der Waals surface area (Å²) in [5.41, 5.74) is 6.37. The highest BCUT2D eigenvalue weighted by molar-refractivity contribution is 7.80. The average molecular weight is 354 g/mol. The van der Waals surface area contributed by atoms with Gasteiger partial charge in [0.2, 0.25) is 0 Å². The zero-order valence-corrected chi connectivity index (χ0v) is 15.9. The number of rotatable bonds is 7. The van der Waals surface area contributed by atoms with E-state index in [0.29, 0.717) is 29.6 Å². The number of esters is 1. The lowest BCUT2D eigenvalue weighted by atomic mass is 10.1. The summed E-state index contributed by atoms with van der Waals surface area (Å²) >= 11 is 5.18. The molecule has 8 heteroatoms. The average Bonchev–Trinajstić information content (AvgIpc) is 2.80. The second kappa shape index (κ2) is 9.39. The molecule has 0 spiro atoms. The number of H-pyrrole nitrogens is 1. The maximum absolute atomic E-state index is 12.0. The van der Waals surface area contributed by atoms with Crippen LogP contribution in [0, 0.1) is 13.8 Å². The van der Waals surface area contributed by atoms with Crippen LogP contribution in [0.15, 0.2) is 5.10 Å². The van der Waals surface area contributed by atoms with E-state index in [2.05, 4.69) is 20.8 Å². The van der Waals surface area contributed by atoms with Gasteiger partial charge in [0.25, 0.3) is 0 Å². The number of nitrogens with zero attached hydrogens (tertiary/aromatic N) is 1. The van der Waals surface area contributed by atoms with Gasteiger partial charge in [-0.15, -0.1) is 0 Å². The molecule has 3 N–H and O–H groups in total. The van der Waals surface area contributed by atoms with Crippen molar-refractivity contribution in [1.29, 1.82) is 0 Å². The number of aryl methyl sites for hydroxylation is 1. The molecule has 0 radical (unpaired) electrons. The fraction of sp³-hybridized carbons (Fsp3) is 0.562. The van der Waals surface area contributed by atoms with Gasteiger partial charge in [-0.05, 0) is 52.4 Å². The number of methoxy groups -OCH3 is 1. The molecule has 1 heterocycles. The van der Waals surface area contributed by atoms with Gasteiger partial charge in [-0.3, -0.25) is 5.43 Å². The minimum Gasteiger partial charge on any atom is -0.462 e. The molecule has 1 rings (SSSR count). The Balaban J connectivity index is 2.84. The van der Waals surface area contributed by atoms with E-state index in [1.165, 1.54) is 0 Å². The monoisotopic (exact) mass is 354 g/mol. The number of carbonyl (C=O) groups excluding carboxylic acids is 1. The van der Waals surface area contributed by atoms with Crippen LogP contribution in [0.25, 0.3) is 0 Å². The molecule has 1 aromatic heterocycles. The summed E-state index contributed by atoms with van der Waals surface area (Å²) in [5, 5.41) is 7.73. The second-order valence-electron chi connectivity index (χ2n) is 5.48. The largest absolute Gasteiger partial charge is 0.462 e. The molecule has 0 aromatic carbocycles. The van der Waals surface area contributed by atoms with Crippen molar-refractivity contribution in [2.75, 3.05) is 20.3 Å². The Hall–Kier alpha value is -1.93. The van der Waals surface area contributed by atoms with E-state index in [4.69, 9.17) is 21.7 Å². The molecule has 1 atom stereocenters. The van der Waals surface area contributed by atoms with Gasteiger partial charge < -0.3 is 19.8 Å². The Labute approximate surface area is 148 Å². The molecule has 0 unspecified atom stereocenters. The SMILES string of the molecule is CCOC(=O)c1c(C)[nH]c(/C(C)=N/NC(=S)N[C@@H](C)COC)c1C. The molecule has 0 fully saturated rings. The van der Waals surface area contributed by atoms with Crippen molar-refractivity contribution in [3.8, 4) is 0 Å². The van der Waals surface area contributed by atoms with Crippen molar-refractivity contribution < 1.29 is 14.3 Å². The van der Waals surface area contributed by atoms with Crippen molar-refractivity contribution in [2.45, 2.75) is 40.7 Å². The standard InChI is InChI=1S/C16H26N4O3S/c1-7-23-15(21)13-10(3)14(18-11(13)4)12(5)19-20-16(24)17-9(2)8-22-6/h9,18H,7-8H2,1-6H3,(H2,17,20,24)/b19-12+/t9-/m0/s1.